The summed E-state index contributed by atoms with van der Waals surface area (Å²) in [6.07, 6.45) is 3.99. The maximum absolute atomic E-state index is 10.3. The Morgan fingerprint density at radius 1 is 1.89 bits per heavy atom. The highest BCUT2D eigenvalue weighted by Crippen LogP contribution is 2.04. The zero-order valence-electron chi connectivity index (χ0n) is 5.26. The lowest BCUT2D eigenvalue weighted by Gasteiger charge is -2.22. The number of rotatable bonds is 2. The SMILES string of the molecule is CO/C=C/[C@@H]1CC(=O)N1. The molecule has 1 aliphatic heterocycles. The fourth-order valence-electron chi connectivity index (χ4n) is 0.675. The van der Waals surface area contributed by atoms with Gasteiger partial charge in [0.25, 0.3) is 0 Å². The van der Waals surface area contributed by atoms with Gasteiger partial charge >= 0.3 is 0 Å². The van der Waals surface area contributed by atoms with Crippen molar-refractivity contribution in [1.82, 2.24) is 5.32 Å². The van der Waals surface area contributed by atoms with Gasteiger partial charge in [-0.1, -0.05) is 0 Å². The second-order valence-corrected chi connectivity index (χ2v) is 1.94. The molecule has 0 aromatic heterocycles. The predicted molar refractivity (Wildman–Crippen MR) is 32.7 cm³/mol. The van der Waals surface area contributed by atoms with Gasteiger partial charge in [-0.05, 0) is 6.08 Å². The highest BCUT2D eigenvalue weighted by atomic mass is 16.5. The van der Waals surface area contributed by atoms with E-state index in [9.17, 15) is 4.79 Å². The summed E-state index contributed by atoms with van der Waals surface area (Å²) in [4.78, 5) is 10.3. The smallest absolute Gasteiger partial charge is 0.222 e. The number of ether oxygens (including phenoxy) is 1. The number of methoxy groups -OCH3 is 1. The molecule has 0 aliphatic carbocycles. The maximum atomic E-state index is 10.3. The van der Waals surface area contributed by atoms with E-state index in [0.29, 0.717) is 6.42 Å². The zero-order valence-corrected chi connectivity index (χ0v) is 5.26. The average Bonchev–Trinajstić information content (AvgIpc) is 1.78. The Kier molecular flexibility index (Phi) is 1.72. The number of amides is 1. The highest BCUT2D eigenvalue weighted by molar-refractivity contribution is 5.83. The van der Waals surface area contributed by atoms with Crippen molar-refractivity contribution in [3.8, 4) is 0 Å². The molecular formula is C6H9NO2. The molecular weight excluding hydrogens is 118 g/mol. The van der Waals surface area contributed by atoms with Gasteiger partial charge in [-0.2, -0.15) is 0 Å². The first-order valence-electron chi connectivity index (χ1n) is 2.82. The van der Waals surface area contributed by atoms with Crippen LogP contribution in [0, 0.1) is 0 Å². The molecule has 0 spiro atoms. The van der Waals surface area contributed by atoms with E-state index in [1.807, 2.05) is 6.08 Å². The Balaban J connectivity index is 2.17. The molecule has 0 unspecified atom stereocenters. The van der Waals surface area contributed by atoms with Gasteiger partial charge in [-0.15, -0.1) is 0 Å². The molecule has 1 N–H and O–H groups in total. The van der Waals surface area contributed by atoms with Crippen molar-refractivity contribution in [2.45, 2.75) is 12.5 Å². The van der Waals surface area contributed by atoms with Gasteiger partial charge in [0.2, 0.25) is 5.91 Å². The van der Waals surface area contributed by atoms with Crippen LogP contribution in [0.3, 0.4) is 0 Å². The van der Waals surface area contributed by atoms with Crippen molar-refractivity contribution in [2.24, 2.45) is 0 Å². The molecule has 0 aromatic carbocycles. The van der Waals surface area contributed by atoms with E-state index in [1.165, 1.54) is 0 Å². The zero-order chi connectivity index (χ0) is 6.69. The van der Waals surface area contributed by atoms with Gasteiger partial charge in [0.15, 0.2) is 0 Å². The van der Waals surface area contributed by atoms with E-state index >= 15 is 0 Å². The van der Waals surface area contributed by atoms with Crippen molar-refractivity contribution in [1.29, 1.82) is 0 Å². The molecule has 1 saturated heterocycles. The van der Waals surface area contributed by atoms with Crippen LogP contribution < -0.4 is 5.32 Å². The summed E-state index contributed by atoms with van der Waals surface area (Å²) in [5.41, 5.74) is 0. The Bertz CT molecular complexity index is 134. The second-order valence-electron chi connectivity index (χ2n) is 1.94. The van der Waals surface area contributed by atoms with E-state index in [1.54, 1.807) is 13.4 Å². The van der Waals surface area contributed by atoms with E-state index in [-0.39, 0.29) is 11.9 Å². The Labute approximate surface area is 53.7 Å². The van der Waals surface area contributed by atoms with Crippen LogP contribution >= 0.6 is 0 Å². The molecule has 1 rings (SSSR count). The van der Waals surface area contributed by atoms with Crippen molar-refractivity contribution in [2.75, 3.05) is 7.11 Å². The van der Waals surface area contributed by atoms with Crippen LogP contribution in [0.15, 0.2) is 12.3 Å². The maximum Gasteiger partial charge on any atom is 0.222 e. The van der Waals surface area contributed by atoms with Gasteiger partial charge in [-0.25, -0.2) is 0 Å². The van der Waals surface area contributed by atoms with Crippen LogP contribution in [0.5, 0.6) is 0 Å². The first kappa shape index (κ1) is 6.13. The lowest BCUT2D eigenvalue weighted by Crippen LogP contribution is -2.47. The molecule has 0 radical (unpaired) electrons. The third kappa shape index (κ3) is 1.45. The molecule has 1 fully saturated rings. The van der Waals surface area contributed by atoms with E-state index in [2.05, 4.69) is 10.1 Å². The highest BCUT2D eigenvalue weighted by Gasteiger charge is 2.21. The molecule has 1 amide bonds. The molecule has 1 aliphatic rings. The van der Waals surface area contributed by atoms with Crippen molar-refractivity contribution >= 4 is 5.91 Å². The summed E-state index contributed by atoms with van der Waals surface area (Å²) in [6.45, 7) is 0. The number of carbonyl (C=O) groups excluding carboxylic acids is 1. The van der Waals surface area contributed by atoms with Crippen LogP contribution in [0.4, 0.5) is 0 Å². The molecule has 0 bridgehead atoms. The molecule has 0 aromatic rings. The van der Waals surface area contributed by atoms with Crippen LogP contribution in [0.25, 0.3) is 0 Å². The standard InChI is InChI=1S/C6H9NO2/c1-9-3-2-5-4-6(8)7-5/h2-3,5H,4H2,1H3,(H,7,8)/b3-2+/t5-/m1/s1. The molecule has 3 nitrogen and oxygen atoms in total. The topological polar surface area (TPSA) is 38.3 Å². The number of hydrogen-bond donors (Lipinski definition) is 1. The summed E-state index contributed by atoms with van der Waals surface area (Å²) in [6, 6.07) is 0.206. The minimum atomic E-state index is 0.112. The molecule has 0 saturated carbocycles. The van der Waals surface area contributed by atoms with Gasteiger partial charge in [0.1, 0.15) is 0 Å². The second kappa shape index (κ2) is 2.53. The number of β-lactam (4-membered cyclic amide) rings is 1. The van der Waals surface area contributed by atoms with Crippen LogP contribution in [-0.2, 0) is 9.53 Å². The third-order valence-corrected chi connectivity index (χ3v) is 1.20. The Morgan fingerprint density at radius 2 is 2.56 bits per heavy atom. The summed E-state index contributed by atoms with van der Waals surface area (Å²) in [5.74, 6) is 0.112. The minimum absolute atomic E-state index is 0.112. The fourth-order valence-corrected chi connectivity index (χ4v) is 0.675. The minimum Gasteiger partial charge on any atom is -0.505 e. The average molecular weight is 127 g/mol. The van der Waals surface area contributed by atoms with Crippen molar-refractivity contribution in [3.63, 3.8) is 0 Å². The van der Waals surface area contributed by atoms with Crippen LogP contribution in [0.1, 0.15) is 6.42 Å². The van der Waals surface area contributed by atoms with E-state index in [4.69, 9.17) is 0 Å². The van der Waals surface area contributed by atoms with Gasteiger partial charge in [0, 0.05) is 0 Å². The number of carbonyl (C=O) groups is 1. The van der Waals surface area contributed by atoms with Gasteiger partial charge < -0.3 is 10.1 Å². The lowest BCUT2D eigenvalue weighted by molar-refractivity contribution is -0.127. The van der Waals surface area contributed by atoms with Crippen molar-refractivity contribution < 1.29 is 9.53 Å². The lowest BCUT2D eigenvalue weighted by atomic mass is 10.1. The summed E-state index contributed by atoms with van der Waals surface area (Å²) in [7, 11) is 1.58. The Morgan fingerprint density at radius 3 is 3.00 bits per heavy atom. The third-order valence-electron chi connectivity index (χ3n) is 1.20. The summed E-state index contributed by atoms with van der Waals surface area (Å²) in [5, 5.41) is 2.67. The summed E-state index contributed by atoms with van der Waals surface area (Å²) < 4.78 is 4.65. The Hall–Kier alpha value is -0.990. The van der Waals surface area contributed by atoms with Crippen LogP contribution in [0.2, 0.25) is 0 Å². The molecule has 50 valence electrons. The predicted octanol–water partition coefficient (Wildman–Crippen LogP) is 0.0350. The fraction of sp³-hybridized carbons (Fsp3) is 0.500. The number of nitrogens with one attached hydrogen (secondary N) is 1. The van der Waals surface area contributed by atoms with E-state index in [0.717, 1.165) is 0 Å². The molecule has 3 heteroatoms. The first-order chi connectivity index (χ1) is 4.33. The molecule has 1 heterocycles. The summed E-state index contributed by atoms with van der Waals surface area (Å²) >= 11 is 0. The van der Waals surface area contributed by atoms with Crippen LogP contribution in [-0.4, -0.2) is 19.1 Å². The normalized spacial score (nSPS) is 25.4. The van der Waals surface area contributed by atoms with Gasteiger partial charge in [-0.3, -0.25) is 4.79 Å². The number of hydrogen-bond acceptors (Lipinski definition) is 2. The first-order valence-corrected chi connectivity index (χ1v) is 2.82. The molecule has 9 heavy (non-hydrogen) atoms. The monoisotopic (exact) mass is 127 g/mol. The quantitative estimate of drug-likeness (QED) is 0.420. The van der Waals surface area contributed by atoms with Crippen molar-refractivity contribution in [3.05, 3.63) is 12.3 Å². The van der Waals surface area contributed by atoms with Gasteiger partial charge in [0.05, 0.1) is 25.8 Å². The van der Waals surface area contributed by atoms with E-state index < -0.39 is 0 Å². The largest absolute Gasteiger partial charge is 0.505 e. The molecule has 1 atom stereocenters.